The number of nitriles is 1. The van der Waals surface area contributed by atoms with Gasteiger partial charge in [0.15, 0.2) is 6.61 Å². The first kappa shape index (κ1) is 14.9. The van der Waals surface area contributed by atoms with Crippen molar-refractivity contribution in [3.8, 4) is 11.8 Å². The molecule has 0 unspecified atom stereocenters. The highest BCUT2D eigenvalue weighted by atomic mass is 32.2. The smallest absolute Gasteiger partial charge is 0.276 e. The molecule has 2 N–H and O–H groups in total. The molecule has 0 heterocycles. The molecule has 0 aliphatic rings. The highest BCUT2D eigenvalue weighted by molar-refractivity contribution is 7.99. The van der Waals surface area contributed by atoms with E-state index >= 15 is 0 Å². The van der Waals surface area contributed by atoms with E-state index in [0.717, 1.165) is 0 Å². The van der Waals surface area contributed by atoms with Crippen molar-refractivity contribution >= 4 is 23.6 Å². The van der Waals surface area contributed by atoms with Crippen LogP contribution in [0.25, 0.3) is 0 Å². The number of carbonyl (C=O) groups is 2. The van der Waals surface area contributed by atoms with Gasteiger partial charge in [0.1, 0.15) is 5.75 Å². The van der Waals surface area contributed by atoms with Crippen LogP contribution in [-0.2, 0) is 9.59 Å². The maximum absolute atomic E-state index is 11.3. The molecule has 1 aromatic rings. The second-order valence-corrected chi connectivity index (χ2v) is 4.32. The zero-order valence-electron chi connectivity index (χ0n) is 10.3. The van der Waals surface area contributed by atoms with Crippen molar-refractivity contribution < 1.29 is 14.3 Å². The minimum Gasteiger partial charge on any atom is -0.484 e. The summed E-state index contributed by atoms with van der Waals surface area (Å²) in [5, 5.41) is 8.62. The van der Waals surface area contributed by atoms with Crippen LogP contribution < -0.4 is 15.6 Å². The summed E-state index contributed by atoms with van der Waals surface area (Å²) < 4.78 is 5.18. The normalized spacial score (nSPS) is 9.26. The van der Waals surface area contributed by atoms with Crippen LogP contribution in [0.5, 0.6) is 5.75 Å². The lowest BCUT2D eigenvalue weighted by Gasteiger charge is -2.08. The van der Waals surface area contributed by atoms with Gasteiger partial charge < -0.3 is 4.74 Å². The van der Waals surface area contributed by atoms with Crippen molar-refractivity contribution in [2.24, 2.45) is 0 Å². The van der Waals surface area contributed by atoms with Crippen molar-refractivity contribution in [1.29, 1.82) is 5.26 Å². The fourth-order valence-corrected chi connectivity index (χ4v) is 1.45. The van der Waals surface area contributed by atoms with Gasteiger partial charge in [0, 0.05) is 0 Å². The molecule has 1 aromatic carbocycles. The molecule has 0 bridgehead atoms. The molecule has 0 saturated carbocycles. The summed E-state index contributed by atoms with van der Waals surface area (Å²) in [4.78, 5) is 22.4. The summed E-state index contributed by atoms with van der Waals surface area (Å²) in [5.74, 6) is 0.0131. The van der Waals surface area contributed by atoms with Crippen LogP contribution in [0.15, 0.2) is 24.3 Å². The summed E-state index contributed by atoms with van der Waals surface area (Å²) in [6, 6.07) is 8.35. The second-order valence-electron chi connectivity index (χ2n) is 3.45. The molecular formula is C12H13N3O3S. The molecule has 6 nitrogen and oxygen atoms in total. The van der Waals surface area contributed by atoms with Crippen molar-refractivity contribution in [1.82, 2.24) is 10.9 Å². The Labute approximate surface area is 115 Å². The average Bonchev–Trinajstić information content (AvgIpc) is 2.44. The van der Waals surface area contributed by atoms with Crippen LogP contribution >= 0.6 is 11.8 Å². The van der Waals surface area contributed by atoms with E-state index in [1.54, 1.807) is 30.5 Å². The van der Waals surface area contributed by atoms with Crippen molar-refractivity contribution in [2.45, 2.75) is 0 Å². The van der Waals surface area contributed by atoms with Crippen molar-refractivity contribution in [2.75, 3.05) is 18.6 Å². The highest BCUT2D eigenvalue weighted by Crippen LogP contribution is 2.10. The summed E-state index contributed by atoms with van der Waals surface area (Å²) >= 11 is 1.35. The quantitative estimate of drug-likeness (QED) is 0.763. The molecule has 0 aliphatic carbocycles. The number of carbonyl (C=O) groups excluding carboxylic acids is 2. The predicted octanol–water partition coefficient (Wildman–Crippen LogP) is 0.447. The summed E-state index contributed by atoms with van der Waals surface area (Å²) in [6.45, 7) is -0.217. The van der Waals surface area contributed by atoms with Gasteiger partial charge in [-0.2, -0.15) is 17.0 Å². The first-order chi connectivity index (χ1) is 9.15. The number of rotatable bonds is 5. The second kappa shape index (κ2) is 8.00. The third kappa shape index (κ3) is 5.79. The van der Waals surface area contributed by atoms with E-state index in [2.05, 4.69) is 10.9 Å². The Hall–Kier alpha value is -2.20. The Kier molecular flexibility index (Phi) is 6.26. The number of ether oxygens (including phenoxy) is 1. The van der Waals surface area contributed by atoms with Gasteiger partial charge >= 0.3 is 0 Å². The number of nitrogens with zero attached hydrogens (tertiary/aromatic N) is 1. The van der Waals surface area contributed by atoms with Crippen molar-refractivity contribution in [3.63, 3.8) is 0 Å². The van der Waals surface area contributed by atoms with E-state index in [1.165, 1.54) is 11.8 Å². The highest BCUT2D eigenvalue weighted by Gasteiger charge is 2.05. The lowest BCUT2D eigenvalue weighted by atomic mass is 10.2. The minimum atomic E-state index is -0.459. The molecule has 7 heteroatoms. The largest absolute Gasteiger partial charge is 0.484 e. The Morgan fingerprint density at radius 1 is 1.26 bits per heavy atom. The topological polar surface area (TPSA) is 91.2 Å². The van der Waals surface area contributed by atoms with Gasteiger partial charge in [-0.15, -0.1) is 0 Å². The molecule has 0 atom stereocenters. The zero-order valence-corrected chi connectivity index (χ0v) is 11.1. The Balaban J connectivity index is 2.29. The molecule has 1 rings (SSSR count). The maximum Gasteiger partial charge on any atom is 0.276 e. The number of thioether (sulfide) groups is 1. The van der Waals surface area contributed by atoms with E-state index in [4.69, 9.17) is 10.00 Å². The van der Waals surface area contributed by atoms with Crippen molar-refractivity contribution in [3.05, 3.63) is 29.8 Å². The number of benzene rings is 1. The average molecular weight is 279 g/mol. The lowest BCUT2D eigenvalue weighted by Crippen LogP contribution is -2.44. The van der Waals surface area contributed by atoms with Gasteiger partial charge in [0.05, 0.1) is 17.4 Å². The molecular weight excluding hydrogens is 266 g/mol. The molecule has 0 radical (unpaired) electrons. The zero-order chi connectivity index (χ0) is 14.1. The van der Waals surface area contributed by atoms with Crippen LogP contribution in [0.2, 0.25) is 0 Å². The lowest BCUT2D eigenvalue weighted by molar-refractivity contribution is -0.128. The van der Waals surface area contributed by atoms with E-state index in [0.29, 0.717) is 11.3 Å². The number of hydrogen-bond donors (Lipinski definition) is 2. The fraction of sp³-hybridized carbons (Fsp3) is 0.250. The van der Waals surface area contributed by atoms with Gasteiger partial charge in [-0.3, -0.25) is 20.4 Å². The van der Waals surface area contributed by atoms with Gasteiger partial charge in [0.2, 0.25) is 5.91 Å². The van der Waals surface area contributed by atoms with Gasteiger partial charge in [-0.1, -0.05) is 0 Å². The molecule has 0 saturated heterocycles. The van der Waals surface area contributed by atoms with Crippen LogP contribution in [0.1, 0.15) is 5.56 Å². The summed E-state index contributed by atoms with van der Waals surface area (Å²) in [6.07, 6.45) is 1.79. The predicted molar refractivity (Wildman–Crippen MR) is 71.3 cm³/mol. The van der Waals surface area contributed by atoms with E-state index in [-0.39, 0.29) is 18.3 Å². The van der Waals surface area contributed by atoms with Crippen LogP contribution in [0.3, 0.4) is 0 Å². The molecule has 0 spiro atoms. The summed E-state index contributed by atoms with van der Waals surface area (Å²) in [7, 11) is 0. The Morgan fingerprint density at radius 2 is 1.89 bits per heavy atom. The molecule has 0 fully saturated rings. The number of hydrogen-bond acceptors (Lipinski definition) is 5. The molecule has 0 aliphatic heterocycles. The molecule has 2 amide bonds. The minimum absolute atomic E-state index is 0.217. The third-order valence-corrected chi connectivity index (χ3v) is 2.52. The molecule has 100 valence electrons. The molecule has 0 aromatic heterocycles. The Bertz CT molecular complexity index is 482. The van der Waals surface area contributed by atoms with Gasteiger partial charge in [0.25, 0.3) is 5.91 Å². The summed E-state index contributed by atoms with van der Waals surface area (Å²) in [5.41, 5.74) is 5.00. The SMILES string of the molecule is CSCC(=O)NNC(=O)COc1ccc(C#N)cc1. The molecule has 19 heavy (non-hydrogen) atoms. The monoisotopic (exact) mass is 279 g/mol. The first-order valence-corrected chi connectivity index (χ1v) is 6.74. The third-order valence-electron chi connectivity index (χ3n) is 1.97. The van der Waals surface area contributed by atoms with Gasteiger partial charge in [-0.05, 0) is 30.5 Å². The Morgan fingerprint density at radius 3 is 2.47 bits per heavy atom. The van der Waals surface area contributed by atoms with Gasteiger partial charge in [-0.25, -0.2) is 0 Å². The maximum atomic E-state index is 11.3. The van der Waals surface area contributed by atoms with E-state index < -0.39 is 5.91 Å². The number of hydrazine groups is 1. The van der Waals surface area contributed by atoms with Crippen LogP contribution in [-0.4, -0.2) is 30.4 Å². The van der Waals surface area contributed by atoms with Crippen LogP contribution in [0, 0.1) is 11.3 Å². The number of amides is 2. The fourth-order valence-electron chi connectivity index (χ4n) is 1.12. The van der Waals surface area contributed by atoms with Crippen LogP contribution in [0.4, 0.5) is 0 Å². The first-order valence-electron chi connectivity index (χ1n) is 5.35. The van der Waals surface area contributed by atoms with E-state index in [9.17, 15) is 9.59 Å². The van der Waals surface area contributed by atoms with E-state index in [1.807, 2.05) is 6.07 Å². The number of nitrogens with one attached hydrogen (secondary N) is 2. The standard InChI is InChI=1S/C12H13N3O3S/c1-19-8-12(17)15-14-11(16)7-18-10-4-2-9(6-13)3-5-10/h2-5H,7-8H2,1H3,(H,14,16)(H,15,17).